The predicted molar refractivity (Wildman–Crippen MR) is 125 cm³/mol. The Morgan fingerprint density at radius 1 is 0.562 bits per heavy atom. The molecule has 0 aliphatic carbocycles. The summed E-state index contributed by atoms with van der Waals surface area (Å²) in [5.41, 5.74) is 3.28. The summed E-state index contributed by atoms with van der Waals surface area (Å²) >= 11 is 0. The molecule has 7 nitrogen and oxygen atoms in total. The lowest BCUT2D eigenvalue weighted by molar-refractivity contribution is 0.0759. The van der Waals surface area contributed by atoms with Gasteiger partial charge in [-0.15, -0.1) is 0 Å². The maximum Gasteiger partial charge on any atom is 0.272 e. The third-order valence-corrected chi connectivity index (χ3v) is 5.31. The van der Waals surface area contributed by atoms with Gasteiger partial charge in [-0.1, -0.05) is 18.2 Å². The van der Waals surface area contributed by atoms with Crippen LogP contribution in [0.15, 0.2) is 54.6 Å². The Morgan fingerprint density at radius 2 is 0.875 bits per heavy atom. The Morgan fingerprint density at radius 3 is 1.22 bits per heavy atom. The number of nitrogens with zero attached hydrogens (tertiary/aromatic N) is 5. The van der Waals surface area contributed by atoms with Crippen molar-refractivity contribution in [2.24, 2.45) is 0 Å². The van der Waals surface area contributed by atoms with E-state index in [-0.39, 0.29) is 11.8 Å². The Labute approximate surface area is 189 Å². The number of hydrogen-bond donors (Lipinski definition) is 0. The second kappa shape index (κ2) is 10.6. The third kappa shape index (κ3) is 4.99. The van der Waals surface area contributed by atoms with Crippen LogP contribution in [-0.4, -0.2) is 62.7 Å². The summed E-state index contributed by atoms with van der Waals surface area (Å²) in [4.78, 5) is 42.6. The smallest absolute Gasteiger partial charge is 0.272 e. The molecular weight excluding hydrogens is 402 g/mol. The number of carbonyl (C=O) groups is 2. The first-order valence-corrected chi connectivity index (χ1v) is 11.0. The van der Waals surface area contributed by atoms with Crippen molar-refractivity contribution >= 4 is 11.8 Å². The lowest BCUT2D eigenvalue weighted by Gasteiger charge is -2.18. The number of aromatic nitrogens is 3. The molecule has 166 valence electrons. The predicted octanol–water partition coefficient (Wildman–Crippen LogP) is 4.17. The van der Waals surface area contributed by atoms with E-state index in [9.17, 15) is 9.59 Å². The number of pyridine rings is 3. The highest BCUT2D eigenvalue weighted by Crippen LogP contribution is 2.21. The molecule has 0 bridgehead atoms. The van der Waals surface area contributed by atoms with E-state index in [0.717, 1.165) is 0 Å². The van der Waals surface area contributed by atoms with Crippen LogP contribution < -0.4 is 0 Å². The second-order valence-corrected chi connectivity index (χ2v) is 7.18. The number of amides is 2. The van der Waals surface area contributed by atoms with Crippen molar-refractivity contribution < 1.29 is 9.59 Å². The van der Waals surface area contributed by atoms with Crippen molar-refractivity contribution in [2.75, 3.05) is 26.2 Å². The summed E-state index contributed by atoms with van der Waals surface area (Å²) in [7, 11) is 0. The molecule has 0 N–H and O–H groups in total. The van der Waals surface area contributed by atoms with Gasteiger partial charge in [0.1, 0.15) is 11.4 Å². The molecule has 2 amide bonds. The van der Waals surface area contributed by atoms with Gasteiger partial charge in [-0.05, 0) is 64.1 Å². The molecule has 3 heterocycles. The summed E-state index contributed by atoms with van der Waals surface area (Å²) in [6.45, 7) is 10.3. The first kappa shape index (κ1) is 23.1. The Bertz CT molecular complexity index is 1010. The first-order valence-electron chi connectivity index (χ1n) is 11.0. The highest BCUT2D eigenvalue weighted by molar-refractivity contribution is 5.93. The van der Waals surface area contributed by atoms with Crippen LogP contribution in [0.5, 0.6) is 0 Å². The minimum atomic E-state index is -0.0997. The molecule has 0 spiro atoms. The van der Waals surface area contributed by atoms with E-state index in [2.05, 4.69) is 9.97 Å². The van der Waals surface area contributed by atoms with Crippen LogP contribution in [0.1, 0.15) is 48.7 Å². The topological polar surface area (TPSA) is 79.3 Å². The summed E-state index contributed by atoms with van der Waals surface area (Å²) < 4.78 is 0. The zero-order valence-electron chi connectivity index (χ0n) is 19.1. The van der Waals surface area contributed by atoms with Gasteiger partial charge in [0.2, 0.25) is 0 Å². The van der Waals surface area contributed by atoms with Gasteiger partial charge in [0.05, 0.1) is 22.8 Å². The van der Waals surface area contributed by atoms with Gasteiger partial charge in [0.25, 0.3) is 11.8 Å². The molecule has 0 unspecified atom stereocenters. The maximum absolute atomic E-state index is 12.7. The van der Waals surface area contributed by atoms with Gasteiger partial charge >= 0.3 is 0 Å². The molecular formula is C25H29N5O2. The van der Waals surface area contributed by atoms with E-state index >= 15 is 0 Å². The molecule has 0 fully saturated rings. The van der Waals surface area contributed by atoms with Crippen LogP contribution in [0.3, 0.4) is 0 Å². The van der Waals surface area contributed by atoms with Crippen molar-refractivity contribution in [3.63, 3.8) is 0 Å². The van der Waals surface area contributed by atoms with Gasteiger partial charge in [0.15, 0.2) is 0 Å². The number of carbonyl (C=O) groups excluding carboxylic acids is 2. The minimum absolute atomic E-state index is 0.0997. The lowest BCUT2D eigenvalue weighted by atomic mass is 10.1. The van der Waals surface area contributed by atoms with Gasteiger partial charge < -0.3 is 9.80 Å². The van der Waals surface area contributed by atoms with Crippen molar-refractivity contribution in [1.82, 2.24) is 24.8 Å². The normalized spacial score (nSPS) is 10.6. The third-order valence-electron chi connectivity index (χ3n) is 5.31. The van der Waals surface area contributed by atoms with Gasteiger partial charge in [-0.25, -0.2) is 15.0 Å². The van der Waals surface area contributed by atoms with Crippen LogP contribution >= 0.6 is 0 Å². The highest BCUT2D eigenvalue weighted by Gasteiger charge is 2.17. The van der Waals surface area contributed by atoms with E-state index in [1.165, 1.54) is 0 Å². The molecule has 0 atom stereocenters. The molecule has 0 aromatic carbocycles. The zero-order chi connectivity index (χ0) is 23.1. The average molecular weight is 432 g/mol. The van der Waals surface area contributed by atoms with Crippen molar-refractivity contribution in [3.8, 4) is 22.8 Å². The van der Waals surface area contributed by atoms with Crippen molar-refractivity contribution in [1.29, 1.82) is 0 Å². The van der Waals surface area contributed by atoms with Crippen LogP contribution in [0.4, 0.5) is 0 Å². The Balaban J connectivity index is 1.93. The van der Waals surface area contributed by atoms with Crippen molar-refractivity contribution in [3.05, 3.63) is 66.0 Å². The SMILES string of the molecule is CCN(CC)C(=O)c1cccc(-c2cccc(-c3cccc(C(=O)N(CC)CC)n3)n2)n1. The molecule has 0 aliphatic rings. The van der Waals surface area contributed by atoms with Crippen LogP contribution in [0, 0.1) is 0 Å². The van der Waals surface area contributed by atoms with Gasteiger partial charge in [-0.2, -0.15) is 0 Å². The van der Waals surface area contributed by atoms with E-state index in [4.69, 9.17) is 4.98 Å². The summed E-state index contributed by atoms with van der Waals surface area (Å²) in [6, 6.07) is 16.3. The maximum atomic E-state index is 12.7. The molecule has 0 saturated heterocycles. The fourth-order valence-electron chi connectivity index (χ4n) is 3.46. The molecule has 7 heteroatoms. The van der Waals surface area contributed by atoms with E-state index in [1.807, 2.05) is 70.2 Å². The molecule has 3 aromatic rings. The highest BCUT2D eigenvalue weighted by atomic mass is 16.2. The van der Waals surface area contributed by atoms with Crippen molar-refractivity contribution in [2.45, 2.75) is 27.7 Å². The van der Waals surface area contributed by atoms with Crippen LogP contribution in [0.25, 0.3) is 22.8 Å². The Kier molecular flexibility index (Phi) is 7.65. The molecule has 3 aromatic heterocycles. The van der Waals surface area contributed by atoms with Gasteiger partial charge in [0, 0.05) is 26.2 Å². The first-order chi connectivity index (χ1) is 15.5. The Hall–Kier alpha value is -3.61. The molecule has 3 rings (SSSR count). The number of hydrogen-bond acceptors (Lipinski definition) is 5. The molecule has 32 heavy (non-hydrogen) atoms. The standard InChI is InChI=1S/C25H29N5O2/c1-5-29(6-2)24(31)22-16-10-14-20(27-22)18-12-9-13-19(26-18)21-15-11-17-23(28-21)25(32)30(7-3)8-4/h9-17H,5-8H2,1-4H3. The quantitative estimate of drug-likeness (QED) is 0.535. The summed E-state index contributed by atoms with van der Waals surface area (Å²) in [6.07, 6.45) is 0. The largest absolute Gasteiger partial charge is 0.338 e. The van der Waals surface area contributed by atoms with E-state index in [0.29, 0.717) is 60.3 Å². The molecule has 0 aliphatic heterocycles. The minimum Gasteiger partial charge on any atom is -0.338 e. The van der Waals surface area contributed by atoms with Crippen LogP contribution in [-0.2, 0) is 0 Å². The molecule has 0 saturated carbocycles. The monoisotopic (exact) mass is 431 g/mol. The fourth-order valence-corrected chi connectivity index (χ4v) is 3.46. The van der Waals surface area contributed by atoms with Gasteiger partial charge in [-0.3, -0.25) is 9.59 Å². The number of rotatable bonds is 8. The molecule has 0 radical (unpaired) electrons. The average Bonchev–Trinajstić information content (AvgIpc) is 2.85. The summed E-state index contributed by atoms with van der Waals surface area (Å²) in [5.74, 6) is -0.199. The lowest BCUT2D eigenvalue weighted by Crippen LogP contribution is -2.31. The van der Waals surface area contributed by atoms with E-state index < -0.39 is 0 Å². The van der Waals surface area contributed by atoms with E-state index in [1.54, 1.807) is 21.9 Å². The fraction of sp³-hybridized carbons (Fsp3) is 0.320. The second-order valence-electron chi connectivity index (χ2n) is 7.18. The zero-order valence-corrected chi connectivity index (χ0v) is 19.1. The van der Waals surface area contributed by atoms with Crippen LogP contribution in [0.2, 0.25) is 0 Å². The summed E-state index contributed by atoms with van der Waals surface area (Å²) in [5, 5.41) is 0.